The molecular weight excluding hydrogens is 320 g/mol. The Bertz CT molecular complexity index is 827. The normalized spacial score (nSPS) is 10.8. The number of benzene rings is 2. The van der Waals surface area contributed by atoms with Crippen molar-refractivity contribution in [2.75, 3.05) is 6.26 Å². The van der Waals surface area contributed by atoms with Gasteiger partial charge in [-0.1, -0.05) is 0 Å². The van der Waals surface area contributed by atoms with Crippen LogP contribution < -0.4 is 15.2 Å². The van der Waals surface area contributed by atoms with E-state index >= 15 is 0 Å². The predicted octanol–water partition coefficient (Wildman–Crippen LogP) is 1.27. The fourth-order valence-corrected chi connectivity index (χ4v) is 2.18. The largest absolute Gasteiger partial charge is 0.457 e. The molecule has 0 aliphatic heterocycles. The molecule has 120 valence electrons. The molecule has 0 aromatic heterocycles. The average molecular weight is 334 g/mol. The van der Waals surface area contributed by atoms with Gasteiger partial charge in [0.05, 0.1) is 6.26 Å². The van der Waals surface area contributed by atoms with Gasteiger partial charge in [-0.25, -0.2) is 13.1 Å². The second-order valence-corrected chi connectivity index (χ2v) is 6.47. The van der Waals surface area contributed by atoms with E-state index in [9.17, 15) is 18.0 Å². The van der Waals surface area contributed by atoms with Gasteiger partial charge in [0.2, 0.25) is 15.9 Å². The number of hydrogen-bond acceptors (Lipinski definition) is 5. The van der Waals surface area contributed by atoms with E-state index in [1.807, 2.05) is 4.72 Å². The molecule has 23 heavy (non-hydrogen) atoms. The third kappa shape index (κ3) is 4.82. The van der Waals surface area contributed by atoms with Crippen LogP contribution >= 0.6 is 0 Å². The maximum absolute atomic E-state index is 11.7. The first kappa shape index (κ1) is 16.5. The number of carbonyl (C=O) groups excluding carboxylic acids is 2. The molecule has 3 N–H and O–H groups in total. The van der Waals surface area contributed by atoms with Crippen molar-refractivity contribution < 1.29 is 22.7 Å². The molecule has 2 aromatic carbocycles. The van der Waals surface area contributed by atoms with Gasteiger partial charge in [-0.05, 0) is 48.5 Å². The van der Waals surface area contributed by atoms with Crippen LogP contribution in [0.3, 0.4) is 0 Å². The minimum Gasteiger partial charge on any atom is -0.457 e. The summed E-state index contributed by atoms with van der Waals surface area (Å²) in [7, 11) is -3.61. The number of nitrogens with one attached hydrogen (secondary N) is 1. The average Bonchev–Trinajstić information content (AvgIpc) is 2.46. The zero-order chi connectivity index (χ0) is 17.0. The van der Waals surface area contributed by atoms with Crippen molar-refractivity contribution in [2.24, 2.45) is 5.73 Å². The number of sulfonamides is 1. The van der Waals surface area contributed by atoms with E-state index < -0.39 is 21.8 Å². The molecule has 2 aromatic rings. The van der Waals surface area contributed by atoms with Crippen molar-refractivity contribution in [1.29, 1.82) is 0 Å². The molecule has 0 aliphatic rings. The molecule has 0 heterocycles. The lowest BCUT2D eigenvalue weighted by Crippen LogP contribution is -2.29. The summed E-state index contributed by atoms with van der Waals surface area (Å²) >= 11 is 0. The van der Waals surface area contributed by atoms with Crippen LogP contribution in [0.5, 0.6) is 11.5 Å². The molecule has 8 heteroatoms. The van der Waals surface area contributed by atoms with Gasteiger partial charge in [0.1, 0.15) is 11.5 Å². The predicted molar refractivity (Wildman–Crippen MR) is 83.8 cm³/mol. The highest BCUT2D eigenvalue weighted by Gasteiger charge is 2.11. The Balaban J connectivity index is 2.08. The third-order valence-corrected chi connectivity index (χ3v) is 3.33. The third-order valence-electron chi connectivity index (χ3n) is 2.77. The summed E-state index contributed by atoms with van der Waals surface area (Å²) in [5.74, 6) is -0.307. The lowest BCUT2D eigenvalue weighted by Gasteiger charge is -2.07. The lowest BCUT2D eigenvalue weighted by atomic mass is 10.2. The van der Waals surface area contributed by atoms with Crippen molar-refractivity contribution in [3.63, 3.8) is 0 Å². The highest BCUT2D eigenvalue weighted by molar-refractivity contribution is 7.89. The molecule has 0 saturated carbocycles. The molecule has 0 aliphatic carbocycles. The van der Waals surface area contributed by atoms with Gasteiger partial charge < -0.3 is 10.5 Å². The Morgan fingerprint density at radius 1 is 0.913 bits per heavy atom. The topological polar surface area (TPSA) is 116 Å². The van der Waals surface area contributed by atoms with E-state index in [4.69, 9.17) is 10.5 Å². The van der Waals surface area contributed by atoms with E-state index in [1.54, 1.807) is 12.1 Å². The number of primary amides is 1. The van der Waals surface area contributed by atoms with E-state index in [1.165, 1.54) is 36.4 Å². The van der Waals surface area contributed by atoms with Crippen molar-refractivity contribution in [3.05, 3.63) is 59.7 Å². The molecule has 7 nitrogen and oxygen atoms in total. The van der Waals surface area contributed by atoms with Gasteiger partial charge >= 0.3 is 0 Å². The smallest absolute Gasteiger partial charge is 0.264 e. The number of hydrogen-bond donors (Lipinski definition) is 2. The van der Waals surface area contributed by atoms with Gasteiger partial charge in [-0.2, -0.15) is 0 Å². The van der Waals surface area contributed by atoms with E-state index in [2.05, 4.69) is 0 Å². The highest BCUT2D eigenvalue weighted by atomic mass is 32.2. The molecule has 0 atom stereocenters. The summed E-state index contributed by atoms with van der Waals surface area (Å²) < 4.78 is 29.4. The Labute approximate surface area is 133 Å². The molecule has 0 unspecified atom stereocenters. The van der Waals surface area contributed by atoms with Crippen LogP contribution in [-0.2, 0) is 10.0 Å². The summed E-state index contributed by atoms with van der Waals surface area (Å²) in [5.41, 5.74) is 5.70. The minimum atomic E-state index is -3.61. The molecule has 0 radical (unpaired) electrons. The summed E-state index contributed by atoms with van der Waals surface area (Å²) in [5, 5.41) is 0. The van der Waals surface area contributed by atoms with Gasteiger partial charge in [0.15, 0.2) is 0 Å². The Kier molecular flexibility index (Phi) is 4.65. The molecule has 0 fully saturated rings. The highest BCUT2D eigenvalue weighted by Crippen LogP contribution is 2.22. The second-order valence-electron chi connectivity index (χ2n) is 4.72. The first-order chi connectivity index (χ1) is 10.7. The summed E-state index contributed by atoms with van der Waals surface area (Å²) in [6, 6.07) is 12.2. The monoisotopic (exact) mass is 334 g/mol. The van der Waals surface area contributed by atoms with Gasteiger partial charge in [-0.15, -0.1) is 0 Å². The minimum absolute atomic E-state index is 0.187. The molecule has 0 saturated heterocycles. The van der Waals surface area contributed by atoms with Gasteiger partial charge in [0.25, 0.3) is 5.91 Å². The summed E-state index contributed by atoms with van der Waals surface area (Å²) in [4.78, 5) is 22.6. The second kappa shape index (κ2) is 6.49. The van der Waals surface area contributed by atoms with Crippen molar-refractivity contribution in [1.82, 2.24) is 4.72 Å². The van der Waals surface area contributed by atoms with Crippen LogP contribution in [0.1, 0.15) is 20.7 Å². The quantitative estimate of drug-likeness (QED) is 0.854. The SMILES string of the molecule is CS(=O)(=O)NC(=O)c1ccc(Oc2ccc(C(N)=O)cc2)cc1. The van der Waals surface area contributed by atoms with Crippen LogP contribution in [0, 0.1) is 0 Å². The number of carbonyl (C=O) groups is 2. The van der Waals surface area contributed by atoms with Crippen LogP contribution in [0.4, 0.5) is 0 Å². The van der Waals surface area contributed by atoms with E-state index in [0.717, 1.165) is 6.26 Å². The Hall–Kier alpha value is -2.87. The molecule has 2 amide bonds. The number of amides is 2. The van der Waals surface area contributed by atoms with Gasteiger partial charge in [0, 0.05) is 11.1 Å². The molecule has 0 bridgehead atoms. The fourth-order valence-electron chi connectivity index (χ4n) is 1.72. The number of nitrogens with two attached hydrogens (primary N) is 1. The first-order valence-corrected chi connectivity index (χ1v) is 8.34. The zero-order valence-electron chi connectivity index (χ0n) is 12.1. The summed E-state index contributed by atoms with van der Waals surface area (Å²) in [6.07, 6.45) is 0.901. The van der Waals surface area contributed by atoms with Crippen molar-refractivity contribution in [2.45, 2.75) is 0 Å². The van der Waals surface area contributed by atoms with Crippen LogP contribution in [0.2, 0.25) is 0 Å². The van der Waals surface area contributed by atoms with Crippen LogP contribution in [0.25, 0.3) is 0 Å². The first-order valence-electron chi connectivity index (χ1n) is 6.44. The van der Waals surface area contributed by atoms with Gasteiger partial charge in [-0.3, -0.25) is 9.59 Å². The number of rotatable bonds is 5. The number of ether oxygens (including phenoxy) is 1. The Morgan fingerprint density at radius 2 is 1.35 bits per heavy atom. The maximum atomic E-state index is 11.7. The maximum Gasteiger partial charge on any atom is 0.264 e. The van der Waals surface area contributed by atoms with Crippen LogP contribution in [0.15, 0.2) is 48.5 Å². The standard InChI is InChI=1S/C15H14N2O5S/c1-23(20,21)17-15(19)11-4-8-13(9-5-11)22-12-6-2-10(3-7-12)14(16)18/h2-9H,1H3,(H2,16,18)(H,17,19). The lowest BCUT2D eigenvalue weighted by molar-refractivity contribution is 0.0978. The van der Waals surface area contributed by atoms with E-state index in [0.29, 0.717) is 17.1 Å². The molecular formula is C15H14N2O5S. The fraction of sp³-hybridized carbons (Fsp3) is 0.0667. The van der Waals surface area contributed by atoms with Crippen molar-refractivity contribution in [3.8, 4) is 11.5 Å². The van der Waals surface area contributed by atoms with E-state index in [-0.39, 0.29) is 5.56 Å². The van der Waals surface area contributed by atoms with Crippen LogP contribution in [-0.4, -0.2) is 26.5 Å². The Morgan fingerprint density at radius 3 is 1.74 bits per heavy atom. The molecule has 0 spiro atoms. The molecule has 2 rings (SSSR count). The zero-order valence-corrected chi connectivity index (χ0v) is 13.0. The van der Waals surface area contributed by atoms with Crippen molar-refractivity contribution >= 4 is 21.8 Å². The summed E-state index contributed by atoms with van der Waals surface area (Å²) in [6.45, 7) is 0.